The van der Waals surface area contributed by atoms with Gasteiger partial charge < -0.3 is 19.7 Å². The number of thiophene rings is 1. The Kier molecular flexibility index (Phi) is 5.29. The van der Waals surface area contributed by atoms with E-state index in [9.17, 15) is 9.59 Å². The summed E-state index contributed by atoms with van der Waals surface area (Å²) >= 11 is 7.78. The second-order valence-electron chi connectivity index (χ2n) is 7.29. The zero-order valence-corrected chi connectivity index (χ0v) is 18.1. The first-order valence-corrected chi connectivity index (χ1v) is 11.2. The van der Waals surface area contributed by atoms with Gasteiger partial charge in [-0.2, -0.15) is 0 Å². The van der Waals surface area contributed by atoms with E-state index >= 15 is 0 Å². The van der Waals surface area contributed by atoms with E-state index in [0.29, 0.717) is 47.5 Å². The van der Waals surface area contributed by atoms with Crippen molar-refractivity contribution >= 4 is 46.1 Å². The predicted octanol–water partition coefficient (Wildman–Crippen LogP) is 5.22. The van der Waals surface area contributed by atoms with Gasteiger partial charge in [-0.05, 0) is 60.5 Å². The molecule has 0 saturated carbocycles. The molecule has 8 heteroatoms. The van der Waals surface area contributed by atoms with Crippen LogP contribution in [-0.2, 0) is 4.79 Å². The van der Waals surface area contributed by atoms with Crippen LogP contribution in [0.5, 0.6) is 11.5 Å². The fourth-order valence-corrected chi connectivity index (χ4v) is 4.89. The number of halogens is 1. The third-order valence-electron chi connectivity index (χ3n) is 5.23. The average molecular weight is 455 g/mol. The van der Waals surface area contributed by atoms with Crippen molar-refractivity contribution < 1.29 is 19.1 Å². The minimum absolute atomic E-state index is 0.0731. The second kappa shape index (κ2) is 8.24. The van der Waals surface area contributed by atoms with E-state index in [-0.39, 0.29) is 11.8 Å². The molecule has 0 unspecified atom stereocenters. The summed E-state index contributed by atoms with van der Waals surface area (Å²) in [6.45, 7) is 1.75. The molecule has 0 bridgehead atoms. The summed E-state index contributed by atoms with van der Waals surface area (Å²) in [6.07, 6.45) is 1.37. The van der Waals surface area contributed by atoms with Crippen LogP contribution in [0.25, 0.3) is 10.4 Å². The summed E-state index contributed by atoms with van der Waals surface area (Å²) in [6, 6.07) is 14.7. The Hall–Kier alpha value is -3.03. The Morgan fingerprint density at radius 3 is 2.65 bits per heavy atom. The number of hydrogen-bond acceptors (Lipinski definition) is 5. The van der Waals surface area contributed by atoms with Gasteiger partial charge in [-0.25, -0.2) is 0 Å². The van der Waals surface area contributed by atoms with Crippen LogP contribution in [-0.4, -0.2) is 31.6 Å². The Morgan fingerprint density at radius 2 is 1.87 bits per heavy atom. The van der Waals surface area contributed by atoms with Crippen molar-refractivity contribution in [2.75, 3.05) is 30.0 Å². The van der Waals surface area contributed by atoms with E-state index < -0.39 is 0 Å². The predicted molar refractivity (Wildman–Crippen MR) is 122 cm³/mol. The maximum atomic E-state index is 12.7. The fourth-order valence-electron chi connectivity index (χ4n) is 3.71. The Bertz CT molecular complexity index is 1180. The maximum Gasteiger partial charge on any atom is 0.265 e. The van der Waals surface area contributed by atoms with Crippen LogP contribution in [0.15, 0.2) is 48.5 Å². The molecule has 1 N–H and O–H groups in total. The van der Waals surface area contributed by atoms with Crippen LogP contribution in [0.1, 0.15) is 22.5 Å². The van der Waals surface area contributed by atoms with Crippen LogP contribution in [0.4, 0.5) is 11.4 Å². The van der Waals surface area contributed by atoms with Crippen molar-refractivity contribution in [1.82, 2.24) is 0 Å². The molecular weight excluding hydrogens is 436 g/mol. The maximum absolute atomic E-state index is 12.7. The third-order valence-corrected chi connectivity index (χ3v) is 6.66. The largest absolute Gasteiger partial charge is 0.486 e. The molecular formula is C23H19ClN2O4S. The standard InChI is InChI=1S/C23H19ClN2O4S/c24-16-13-15(4-5-17(16)26-9-1-2-22(26)27)25-23(28)21-8-7-20(31-21)14-3-6-18-19(12-14)30-11-10-29-18/h3-8,12-13H,1-2,9-11H2,(H,25,28). The Balaban J connectivity index is 1.31. The highest BCUT2D eigenvalue weighted by Crippen LogP contribution is 2.37. The van der Waals surface area contributed by atoms with Gasteiger partial charge in [-0.15, -0.1) is 11.3 Å². The summed E-state index contributed by atoms with van der Waals surface area (Å²) in [4.78, 5) is 27.9. The SMILES string of the molecule is O=C(Nc1ccc(N2CCCC2=O)c(Cl)c1)c1ccc(-c2ccc3c(c2)OCCO3)s1. The van der Waals surface area contributed by atoms with Crippen LogP contribution < -0.4 is 19.7 Å². The molecule has 1 fully saturated rings. The van der Waals surface area contributed by atoms with Gasteiger partial charge in [0.05, 0.1) is 15.6 Å². The molecule has 2 amide bonds. The van der Waals surface area contributed by atoms with Crippen molar-refractivity contribution in [2.45, 2.75) is 12.8 Å². The molecule has 31 heavy (non-hydrogen) atoms. The highest BCUT2D eigenvalue weighted by atomic mass is 35.5. The van der Waals surface area contributed by atoms with Gasteiger partial charge in [-0.1, -0.05) is 11.6 Å². The van der Waals surface area contributed by atoms with E-state index in [1.54, 1.807) is 29.2 Å². The molecule has 0 atom stereocenters. The lowest BCUT2D eigenvalue weighted by molar-refractivity contribution is -0.117. The first kappa shape index (κ1) is 19.9. The monoisotopic (exact) mass is 454 g/mol. The number of ether oxygens (including phenoxy) is 2. The summed E-state index contributed by atoms with van der Waals surface area (Å²) in [7, 11) is 0. The molecule has 0 aliphatic carbocycles. The van der Waals surface area contributed by atoms with Crippen LogP contribution >= 0.6 is 22.9 Å². The molecule has 6 nitrogen and oxygen atoms in total. The molecule has 158 valence electrons. The molecule has 3 heterocycles. The second-order valence-corrected chi connectivity index (χ2v) is 8.78. The lowest BCUT2D eigenvalue weighted by atomic mass is 10.1. The number of carbonyl (C=O) groups is 2. The number of benzene rings is 2. The van der Waals surface area contributed by atoms with Crippen molar-refractivity contribution in [3.8, 4) is 21.9 Å². The topological polar surface area (TPSA) is 67.9 Å². The van der Waals surface area contributed by atoms with Gasteiger partial charge in [0.2, 0.25) is 5.91 Å². The number of nitrogens with one attached hydrogen (secondary N) is 1. The minimum Gasteiger partial charge on any atom is -0.486 e. The van der Waals surface area contributed by atoms with Gasteiger partial charge in [0.1, 0.15) is 13.2 Å². The molecule has 2 aliphatic heterocycles. The van der Waals surface area contributed by atoms with Crippen molar-refractivity contribution in [2.24, 2.45) is 0 Å². The average Bonchev–Trinajstić information content (AvgIpc) is 3.43. The zero-order valence-electron chi connectivity index (χ0n) is 16.5. The van der Waals surface area contributed by atoms with Crippen LogP contribution in [0.3, 0.4) is 0 Å². The highest BCUT2D eigenvalue weighted by Gasteiger charge is 2.24. The smallest absolute Gasteiger partial charge is 0.265 e. The summed E-state index contributed by atoms with van der Waals surface area (Å²) in [5, 5.41) is 3.32. The lowest BCUT2D eigenvalue weighted by Gasteiger charge is -2.18. The molecule has 1 saturated heterocycles. The normalized spacial score (nSPS) is 15.3. The summed E-state index contributed by atoms with van der Waals surface area (Å²) in [5.41, 5.74) is 2.23. The summed E-state index contributed by atoms with van der Waals surface area (Å²) < 4.78 is 11.2. The quantitative estimate of drug-likeness (QED) is 0.587. The lowest BCUT2D eigenvalue weighted by Crippen LogP contribution is -2.24. The van der Waals surface area contributed by atoms with E-state index in [0.717, 1.165) is 28.4 Å². The molecule has 0 spiro atoms. The van der Waals surface area contributed by atoms with Gasteiger partial charge in [0.15, 0.2) is 11.5 Å². The van der Waals surface area contributed by atoms with E-state index in [1.165, 1.54) is 11.3 Å². The van der Waals surface area contributed by atoms with Crippen molar-refractivity contribution in [3.05, 3.63) is 58.4 Å². The first-order chi connectivity index (χ1) is 15.1. The molecule has 1 aromatic heterocycles. The van der Waals surface area contributed by atoms with Gasteiger partial charge in [-0.3, -0.25) is 9.59 Å². The van der Waals surface area contributed by atoms with Crippen molar-refractivity contribution in [1.29, 1.82) is 0 Å². The van der Waals surface area contributed by atoms with Gasteiger partial charge >= 0.3 is 0 Å². The molecule has 2 aliphatic rings. The minimum atomic E-state index is -0.213. The number of amides is 2. The molecule has 0 radical (unpaired) electrons. The number of anilines is 2. The van der Waals surface area contributed by atoms with Crippen LogP contribution in [0, 0.1) is 0 Å². The summed E-state index contributed by atoms with van der Waals surface area (Å²) in [5.74, 6) is 1.31. The Morgan fingerprint density at radius 1 is 1.03 bits per heavy atom. The number of hydrogen-bond donors (Lipinski definition) is 1. The number of carbonyl (C=O) groups excluding carboxylic acids is 2. The van der Waals surface area contributed by atoms with E-state index in [1.807, 2.05) is 24.3 Å². The number of nitrogens with zero attached hydrogens (tertiary/aromatic N) is 1. The zero-order chi connectivity index (χ0) is 21.4. The van der Waals surface area contributed by atoms with Gasteiger partial charge in [0.25, 0.3) is 5.91 Å². The number of fused-ring (bicyclic) bond motifs is 1. The van der Waals surface area contributed by atoms with Crippen LogP contribution in [0.2, 0.25) is 5.02 Å². The van der Waals surface area contributed by atoms with Gasteiger partial charge in [0, 0.05) is 23.5 Å². The fraction of sp³-hybridized carbons (Fsp3) is 0.217. The highest BCUT2D eigenvalue weighted by molar-refractivity contribution is 7.17. The van der Waals surface area contributed by atoms with E-state index in [2.05, 4.69) is 5.32 Å². The van der Waals surface area contributed by atoms with Crippen molar-refractivity contribution in [3.63, 3.8) is 0 Å². The third kappa shape index (κ3) is 3.98. The molecule has 5 rings (SSSR count). The number of rotatable bonds is 4. The first-order valence-electron chi connectivity index (χ1n) is 9.99. The molecule has 3 aromatic rings. The Labute approximate surface area is 188 Å². The molecule has 2 aromatic carbocycles. The van der Waals surface area contributed by atoms with E-state index in [4.69, 9.17) is 21.1 Å².